The van der Waals surface area contributed by atoms with Crippen LogP contribution in [0.25, 0.3) is 105 Å². The summed E-state index contributed by atoms with van der Waals surface area (Å²) in [7, 11) is 0. The van der Waals surface area contributed by atoms with Gasteiger partial charge in [0.2, 0.25) is 0 Å². The molecule has 13 aromatic rings. The Morgan fingerprint density at radius 3 is 1.56 bits per heavy atom. The molecule has 0 saturated heterocycles. The number of imidazole rings is 1. The summed E-state index contributed by atoms with van der Waals surface area (Å²) in [5, 5.41) is 4.44. The lowest BCUT2D eigenvalue weighted by atomic mass is 9.78. The maximum absolute atomic E-state index is 6.82. The third-order valence-corrected chi connectivity index (χ3v) is 16.4. The van der Waals surface area contributed by atoms with Crippen LogP contribution in [0.2, 0.25) is 0 Å². The molecule has 0 N–H and O–H groups in total. The normalized spacial score (nSPS) is 12.6. The van der Waals surface area contributed by atoms with Gasteiger partial charge < -0.3 is 9.15 Å². The van der Waals surface area contributed by atoms with Crippen LogP contribution in [-0.2, 0) is 21.7 Å². The molecule has 13 rings (SSSR count). The Morgan fingerprint density at radius 2 is 0.939 bits per heavy atom. The zero-order valence-corrected chi connectivity index (χ0v) is 49.2. The van der Waals surface area contributed by atoms with E-state index >= 15 is 0 Å². The average Bonchev–Trinajstić information content (AvgIpc) is 2.67. The van der Waals surface area contributed by atoms with Crippen molar-refractivity contribution in [2.24, 2.45) is 0 Å². The van der Waals surface area contributed by atoms with Gasteiger partial charge in [-0.3, -0.25) is 13.7 Å². The van der Waals surface area contributed by atoms with Gasteiger partial charge in [-0.1, -0.05) is 186 Å². The highest BCUT2D eigenvalue weighted by Gasteiger charge is 2.25. The van der Waals surface area contributed by atoms with Gasteiger partial charge in [0, 0.05) is 39.4 Å². The predicted octanol–water partition coefficient (Wildman–Crippen LogP) is 20.1. The number of hydrogen-bond donors (Lipinski definition) is 0. The van der Waals surface area contributed by atoms with E-state index in [9.17, 15) is 0 Å². The van der Waals surface area contributed by atoms with E-state index in [1.54, 1.807) is 0 Å². The first-order chi connectivity index (χ1) is 39.1. The van der Waals surface area contributed by atoms with Crippen LogP contribution in [0.5, 0.6) is 11.5 Å². The van der Waals surface area contributed by atoms with E-state index < -0.39 is 0 Å². The van der Waals surface area contributed by atoms with Crippen LogP contribution in [0.15, 0.2) is 211 Å². The van der Waals surface area contributed by atoms with Crippen molar-refractivity contribution >= 4 is 54.8 Å². The van der Waals surface area contributed by atoms with Crippen LogP contribution in [0.4, 0.5) is 0 Å². The highest BCUT2D eigenvalue weighted by molar-refractivity contribution is 6.09. The minimum Gasteiger partial charge on any atom is -0.458 e. The average molecular weight is 1070 g/mol. The zero-order valence-electron chi connectivity index (χ0n) is 49.2. The smallest absolute Gasteiger partial charge is 0.269 e. The molecule has 0 fully saturated rings. The molecule has 0 bridgehead atoms. The Morgan fingerprint density at radius 1 is 0.402 bits per heavy atom. The van der Waals surface area contributed by atoms with Gasteiger partial charge in [-0.05, 0) is 163 Å². The topological polar surface area (TPSA) is 49.0 Å². The second kappa shape index (κ2) is 19.3. The molecule has 0 saturated carbocycles. The van der Waals surface area contributed by atoms with Gasteiger partial charge in [0.15, 0.2) is 0 Å². The van der Waals surface area contributed by atoms with E-state index in [0.29, 0.717) is 5.75 Å². The number of nitrogens with zero attached hydrogens (tertiary/aromatic N) is 4. The van der Waals surface area contributed by atoms with Gasteiger partial charge >= 0.3 is 0 Å². The molecule has 0 aliphatic rings. The molecule has 0 aliphatic heterocycles. The Hall–Kier alpha value is -9.00. The lowest BCUT2D eigenvalue weighted by molar-refractivity contribution is -0.572. The summed E-state index contributed by atoms with van der Waals surface area (Å²) in [5.74, 6) is 2.27. The van der Waals surface area contributed by atoms with Crippen LogP contribution in [0.3, 0.4) is 0 Å². The summed E-state index contributed by atoms with van der Waals surface area (Å²) in [6.45, 7) is 27.8. The van der Waals surface area contributed by atoms with Crippen molar-refractivity contribution in [2.75, 3.05) is 0 Å². The molecule has 6 nitrogen and oxygen atoms in total. The van der Waals surface area contributed by atoms with E-state index in [4.69, 9.17) is 14.1 Å². The van der Waals surface area contributed by atoms with Crippen LogP contribution in [0, 0.1) is 6.33 Å². The van der Waals surface area contributed by atoms with E-state index in [2.05, 4.69) is 273 Å². The van der Waals surface area contributed by atoms with Crippen molar-refractivity contribution in [2.45, 2.75) is 105 Å². The summed E-state index contributed by atoms with van der Waals surface area (Å²) >= 11 is 0. The molecule has 406 valence electrons. The molecule has 0 spiro atoms. The van der Waals surface area contributed by atoms with Gasteiger partial charge in [0.1, 0.15) is 28.5 Å². The fraction of sp³-hybridized carbons (Fsp3) is 0.211. The molecule has 0 radical (unpaired) electrons. The molecule has 4 aromatic heterocycles. The fourth-order valence-corrected chi connectivity index (χ4v) is 11.5. The van der Waals surface area contributed by atoms with Gasteiger partial charge in [0.25, 0.3) is 6.33 Å². The van der Waals surface area contributed by atoms with Crippen LogP contribution >= 0.6 is 0 Å². The van der Waals surface area contributed by atoms with Crippen molar-refractivity contribution in [1.82, 2.24) is 14.1 Å². The quantitative estimate of drug-likeness (QED) is 0.113. The molecule has 0 amide bonds. The molecule has 9 aromatic carbocycles. The van der Waals surface area contributed by atoms with E-state index in [0.717, 1.165) is 88.8 Å². The molecular weight excluding hydrogens is 1000 g/mol. The van der Waals surface area contributed by atoms with E-state index in [1.165, 1.54) is 44.5 Å². The molecule has 82 heavy (non-hydrogen) atoms. The highest BCUT2D eigenvalue weighted by Crippen LogP contribution is 2.42. The van der Waals surface area contributed by atoms with Gasteiger partial charge in [-0.15, -0.1) is 0 Å². The van der Waals surface area contributed by atoms with Crippen LogP contribution in [-0.4, -0.2) is 14.1 Å². The number of ether oxygens (including phenoxy) is 1. The number of furan rings is 1. The molecule has 6 heteroatoms. The summed E-state index contributed by atoms with van der Waals surface area (Å²) < 4.78 is 19.5. The second-order valence-electron chi connectivity index (χ2n) is 26.5. The number of rotatable bonds is 8. The maximum atomic E-state index is 6.82. The van der Waals surface area contributed by atoms with E-state index in [1.807, 2.05) is 36.5 Å². The largest absolute Gasteiger partial charge is 0.458 e. The number of aromatic nitrogens is 4. The third kappa shape index (κ3) is 9.64. The first-order valence-electron chi connectivity index (χ1n) is 28.7. The van der Waals surface area contributed by atoms with Crippen molar-refractivity contribution < 1.29 is 13.7 Å². The predicted molar refractivity (Wildman–Crippen MR) is 341 cm³/mol. The van der Waals surface area contributed by atoms with E-state index in [-0.39, 0.29) is 21.7 Å². The van der Waals surface area contributed by atoms with Gasteiger partial charge in [-0.25, -0.2) is 4.98 Å². The maximum Gasteiger partial charge on any atom is 0.269 e. The SMILES string of the molecule is CC(C)(C)c1cc(-c2cc(-c3ccc(-n4c5ccccc5c5ccc(Oc6cccc(-n7[c-][n+](-c8ccc9oc%10ccccc%10c9c8)c8ccccc87)c6)cc54)nc3)cc(-c3cc(C(C)(C)C)cc(C(C)(C)C)c3)c2)cc(C(C)(C)C)c1. The Kier molecular flexibility index (Phi) is 12.4. The van der Waals surface area contributed by atoms with Crippen molar-refractivity contribution in [3.63, 3.8) is 0 Å². The van der Waals surface area contributed by atoms with Gasteiger partial charge in [0.05, 0.1) is 33.4 Å². The first kappa shape index (κ1) is 52.4. The summed E-state index contributed by atoms with van der Waals surface area (Å²) in [4.78, 5) is 5.33. The summed E-state index contributed by atoms with van der Waals surface area (Å²) in [6.07, 6.45) is 5.73. The zero-order chi connectivity index (χ0) is 57.0. The minimum absolute atomic E-state index is 0.0267. The molecule has 0 unspecified atom stereocenters. The Bertz CT molecular complexity index is 4470. The van der Waals surface area contributed by atoms with Crippen LogP contribution in [0.1, 0.15) is 105 Å². The lowest BCUT2D eigenvalue weighted by Crippen LogP contribution is -2.29. The summed E-state index contributed by atoms with van der Waals surface area (Å²) in [5.41, 5.74) is 20.0. The van der Waals surface area contributed by atoms with Crippen molar-refractivity contribution in [3.8, 4) is 62.1 Å². The van der Waals surface area contributed by atoms with Crippen LogP contribution < -0.4 is 9.30 Å². The minimum atomic E-state index is -0.0267. The first-order valence-corrected chi connectivity index (χ1v) is 28.7. The molecule has 4 heterocycles. The second-order valence-corrected chi connectivity index (χ2v) is 26.5. The van der Waals surface area contributed by atoms with Crippen molar-refractivity contribution in [3.05, 3.63) is 235 Å². The Balaban J connectivity index is 0.880. The standard InChI is InChI=1S/C76H70N4O2/c1-73(2,3)54-37-52(38-55(41-54)74(4,5)6)50-34-49(35-51(36-50)53-39-56(75(7,8)9)42-57(40-53)76(10,11)12)48-28-33-72(77-46-48)80-66-24-15-13-22-62(66)63-31-30-61(45-69(63)80)81-60-21-19-20-58(43-60)78-47-79(68-26-17-16-25-67(68)78)59-29-32-71-65(44-59)64-23-14-18-27-70(64)82-71/h13-46H,1-12H3. The lowest BCUT2D eigenvalue weighted by Gasteiger charge is -2.27. The fourth-order valence-electron chi connectivity index (χ4n) is 11.5. The molecule has 0 atom stereocenters. The molecule has 0 aliphatic carbocycles. The van der Waals surface area contributed by atoms with Gasteiger partial charge in [-0.2, -0.15) is 0 Å². The number of hydrogen-bond acceptors (Lipinski definition) is 3. The third-order valence-electron chi connectivity index (χ3n) is 16.4. The number of pyridine rings is 1. The highest BCUT2D eigenvalue weighted by atomic mass is 16.5. The number of fused-ring (bicyclic) bond motifs is 7. The Labute approximate surface area is 481 Å². The number of para-hydroxylation sites is 4. The van der Waals surface area contributed by atoms with Crippen molar-refractivity contribution in [1.29, 1.82) is 0 Å². The monoisotopic (exact) mass is 1070 g/mol. The molecular formula is C76H70N4O2. The number of benzene rings is 9. The summed E-state index contributed by atoms with van der Waals surface area (Å²) in [6, 6.07) is 72.1.